The quantitative estimate of drug-likeness (QED) is 0.357. The van der Waals surface area contributed by atoms with Gasteiger partial charge in [-0.25, -0.2) is 15.0 Å². The summed E-state index contributed by atoms with van der Waals surface area (Å²) in [6.45, 7) is 3.90. The molecule has 37 heavy (non-hydrogen) atoms. The van der Waals surface area contributed by atoms with Gasteiger partial charge < -0.3 is 20.3 Å². The van der Waals surface area contributed by atoms with Crippen LogP contribution in [0.25, 0.3) is 10.6 Å². The number of ether oxygens (including phenoxy) is 1. The van der Waals surface area contributed by atoms with Gasteiger partial charge in [-0.3, -0.25) is 4.79 Å². The maximum absolute atomic E-state index is 13.1. The Balaban J connectivity index is 1.63. The predicted octanol–water partition coefficient (Wildman–Crippen LogP) is 5.61. The first-order valence-electron chi connectivity index (χ1n) is 11.5. The zero-order valence-corrected chi connectivity index (χ0v) is 21.3. The van der Waals surface area contributed by atoms with Crippen LogP contribution < -0.4 is 5.32 Å². The van der Waals surface area contributed by atoms with E-state index >= 15 is 0 Å². The molecule has 0 amide bonds. The molecule has 0 aromatic carbocycles. The lowest BCUT2D eigenvalue weighted by molar-refractivity contribution is -0.154. The molecule has 8 nitrogen and oxygen atoms in total. The number of carboxylic acid groups (broad SMARTS) is 1. The molecule has 3 aromatic rings. The van der Waals surface area contributed by atoms with E-state index in [1.54, 1.807) is 18.3 Å². The number of carboxylic acids is 1. The number of hydrogen-bond donors (Lipinski definition) is 3. The fourth-order valence-corrected chi connectivity index (χ4v) is 5.81. The maximum atomic E-state index is 13.1. The molecule has 1 saturated carbocycles. The first kappa shape index (κ1) is 27.0. The van der Waals surface area contributed by atoms with Gasteiger partial charge in [0, 0.05) is 19.5 Å². The van der Waals surface area contributed by atoms with E-state index in [-0.39, 0.29) is 31.1 Å². The smallest absolute Gasteiger partial charge is 0.416 e. The molecule has 3 aromatic heterocycles. The van der Waals surface area contributed by atoms with E-state index in [1.165, 1.54) is 18.4 Å². The summed E-state index contributed by atoms with van der Waals surface area (Å²) in [7, 11) is 1.52. The van der Waals surface area contributed by atoms with Gasteiger partial charge in [-0.2, -0.15) is 13.2 Å². The molecule has 0 unspecified atom stereocenters. The van der Waals surface area contributed by atoms with Gasteiger partial charge in [0.25, 0.3) is 0 Å². The summed E-state index contributed by atoms with van der Waals surface area (Å²) >= 11 is 1.25. The number of hydrogen-bond acceptors (Lipinski definition) is 8. The summed E-state index contributed by atoms with van der Waals surface area (Å²) in [5, 5.41) is 24.3. The number of halogens is 3. The molecule has 2 atom stereocenters. The Hall–Kier alpha value is -3.09. The summed E-state index contributed by atoms with van der Waals surface area (Å²) in [5.74, 6) is -1.17. The highest BCUT2D eigenvalue weighted by Crippen LogP contribution is 2.50. The number of alkyl halides is 3. The molecule has 1 aliphatic rings. The standard InChI is InChI=1S/C25H27F3N4O4S/c1-23(2)13-24(35,6-4-16(23)21(33)34)22-30-11-18(37-22)17-8-14(12-36-3)9-20(31-17)32-19-10-15(5-7-29-19)25(26,27)28/h5,7-11,16,35H,4,6,12-13H2,1-3H3,(H,33,34)(H,29,31,32)/t16-,24-/m1/s1. The van der Waals surface area contributed by atoms with Crippen molar-refractivity contribution < 1.29 is 32.9 Å². The predicted molar refractivity (Wildman–Crippen MR) is 131 cm³/mol. The average Bonchev–Trinajstić information content (AvgIpc) is 3.29. The van der Waals surface area contributed by atoms with Gasteiger partial charge in [0.05, 0.1) is 28.7 Å². The molecule has 0 radical (unpaired) electrons. The number of anilines is 2. The van der Waals surface area contributed by atoms with Crippen molar-refractivity contribution in [2.75, 3.05) is 12.4 Å². The number of aliphatic hydroxyl groups is 1. The number of rotatable bonds is 7. The molecule has 198 valence electrons. The molecule has 3 heterocycles. The number of nitrogens with zero attached hydrogens (tertiary/aromatic N) is 3. The number of aliphatic carboxylic acids is 1. The Morgan fingerprint density at radius 3 is 2.65 bits per heavy atom. The second-order valence-corrected chi connectivity index (χ2v) is 10.9. The highest BCUT2D eigenvalue weighted by molar-refractivity contribution is 7.15. The van der Waals surface area contributed by atoms with Crippen molar-refractivity contribution in [2.45, 2.75) is 51.5 Å². The lowest BCUT2D eigenvalue weighted by atomic mass is 9.63. The number of methoxy groups -OCH3 is 1. The zero-order chi connectivity index (χ0) is 27.0. The van der Waals surface area contributed by atoms with E-state index < -0.39 is 34.6 Å². The summed E-state index contributed by atoms with van der Waals surface area (Å²) in [4.78, 5) is 25.2. The normalized spacial score (nSPS) is 21.5. The van der Waals surface area contributed by atoms with Crippen LogP contribution >= 0.6 is 11.3 Å². The molecule has 3 N–H and O–H groups in total. The zero-order valence-electron chi connectivity index (χ0n) is 20.5. The molecular formula is C25H27F3N4O4S. The molecule has 0 spiro atoms. The summed E-state index contributed by atoms with van der Waals surface area (Å²) in [5.41, 5.74) is -1.52. The molecule has 1 aliphatic carbocycles. The Morgan fingerprint density at radius 1 is 1.24 bits per heavy atom. The topological polar surface area (TPSA) is 117 Å². The summed E-state index contributed by atoms with van der Waals surface area (Å²) < 4.78 is 44.6. The van der Waals surface area contributed by atoms with Crippen molar-refractivity contribution in [3.05, 3.63) is 52.8 Å². The van der Waals surface area contributed by atoms with Gasteiger partial charge in [0.15, 0.2) is 0 Å². The van der Waals surface area contributed by atoms with Crippen LogP contribution in [0.1, 0.15) is 49.2 Å². The minimum atomic E-state index is -4.51. The van der Waals surface area contributed by atoms with Gasteiger partial charge in [0.2, 0.25) is 0 Å². The van der Waals surface area contributed by atoms with Crippen molar-refractivity contribution >= 4 is 28.9 Å². The Kier molecular flexibility index (Phi) is 7.28. The number of carbonyl (C=O) groups is 1. The maximum Gasteiger partial charge on any atom is 0.416 e. The lowest BCUT2D eigenvalue weighted by Crippen LogP contribution is -2.44. The summed E-state index contributed by atoms with van der Waals surface area (Å²) in [6.07, 6.45) is -1.01. The van der Waals surface area contributed by atoms with E-state index in [0.29, 0.717) is 22.0 Å². The van der Waals surface area contributed by atoms with Gasteiger partial charge >= 0.3 is 12.1 Å². The van der Waals surface area contributed by atoms with Crippen LogP contribution in [-0.2, 0) is 27.9 Å². The van der Waals surface area contributed by atoms with E-state index in [4.69, 9.17) is 4.74 Å². The van der Waals surface area contributed by atoms with Gasteiger partial charge in [0.1, 0.15) is 22.2 Å². The molecule has 4 rings (SSSR count). The van der Waals surface area contributed by atoms with Crippen LogP contribution in [-0.4, -0.2) is 38.2 Å². The number of aromatic nitrogens is 3. The van der Waals surface area contributed by atoms with Crippen LogP contribution in [0.15, 0.2) is 36.7 Å². The van der Waals surface area contributed by atoms with Crippen molar-refractivity contribution in [2.24, 2.45) is 11.3 Å². The van der Waals surface area contributed by atoms with E-state index in [1.807, 2.05) is 13.8 Å². The number of thiazole rings is 1. The van der Waals surface area contributed by atoms with Crippen molar-refractivity contribution in [1.29, 1.82) is 0 Å². The number of pyridine rings is 2. The van der Waals surface area contributed by atoms with Crippen molar-refractivity contribution in [3.8, 4) is 10.6 Å². The monoisotopic (exact) mass is 536 g/mol. The fourth-order valence-electron chi connectivity index (χ4n) is 4.82. The molecule has 12 heteroatoms. The van der Waals surface area contributed by atoms with Crippen LogP contribution in [0, 0.1) is 11.3 Å². The van der Waals surface area contributed by atoms with Gasteiger partial charge in [-0.05, 0) is 54.5 Å². The Morgan fingerprint density at radius 2 is 2.00 bits per heavy atom. The van der Waals surface area contributed by atoms with Crippen LogP contribution in [0.3, 0.4) is 0 Å². The van der Waals surface area contributed by atoms with E-state index in [9.17, 15) is 28.2 Å². The molecule has 0 saturated heterocycles. The Labute approximate surface area is 215 Å². The average molecular weight is 537 g/mol. The second kappa shape index (κ2) is 9.99. The lowest BCUT2D eigenvalue weighted by Gasteiger charge is -2.44. The van der Waals surface area contributed by atoms with Crippen LogP contribution in [0.2, 0.25) is 0 Å². The molecular weight excluding hydrogens is 509 g/mol. The van der Waals surface area contributed by atoms with E-state index in [2.05, 4.69) is 20.3 Å². The molecule has 0 bridgehead atoms. The highest BCUT2D eigenvalue weighted by Gasteiger charge is 2.49. The largest absolute Gasteiger partial charge is 0.481 e. The first-order valence-corrected chi connectivity index (χ1v) is 12.3. The number of nitrogens with one attached hydrogen (secondary N) is 1. The fraction of sp³-hybridized carbons (Fsp3) is 0.440. The van der Waals surface area contributed by atoms with Gasteiger partial charge in [-0.15, -0.1) is 11.3 Å². The Bertz CT molecular complexity index is 1300. The van der Waals surface area contributed by atoms with Crippen molar-refractivity contribution in [3.63, 3.8) is 0 Å². The molecule has 1 fully saturated rings. The molecule has 0 aliphatic heterocycles. The first-order chi connectivity index (χ1) is 17.3. The van der Waals surface area contributed by atoms with Crippen molar-refractivity contribution in [1.82, 2.24) is 15.0 Å². The van der Waals surface area contributed by atoms with Crippen LogP contribution in [0.4, 0.5) is 24.8 Å². The highest BCUT2D eigenvalue weighted by atomic mass is 32.1. The summed E-state index contributed by atoms with van der Waals surface area (Å²) in [6, 6.07) is 5.22. The van der Waals surface area contributed by atoms with Crippen LogP contribution in [0.5, 0.6) is 0 Å². The minimum Gasteiger partial charge on any atom is -0.481 e. The van der Waals surface area contributed by atoms with E-state index in [0.717, 1.165) is 23.9 Å². The third-order valence-electron chi connectivity index (χ3n) is 6.53. The third kappa shape index (κ3) is 5.91. The minimum absolute atomic E-state index is 0.0143. The SMILES string of the molecule is COCc1cc(Nc2cc(C(F)(F)F)ccn2)nc(-c2cnc([C@@]3(O)CC[C@H](C(=O)O)C(C)(C)C3)s2)c1. The third-order valence-corrected chi connectivity index (χ3v) is 7.75. The second-order valence-electron chi connectivity index (χ2n) is 9.89. The van der Waals surface area contributed by atoms with Gasteiger partial charge in [-0.1, -0.05) is 13.8 Å².